The van der Waals surface area contributed by atoms with Gasteiger partial charge in [-0.15, -0.1) is 0 Å². The summed E-state index contributed by atoms with van der Waals surface area (Å²) in [6.07, 6.45) is 5.75. The summed E-state index contributed by atoms with van der Waals surface area (Å²) in [6, 6.07) is 20.1. The number of rotatable bonds is 6. The standard InChI is InChI=1S/C27H28N2O3/c30-27-18-26(32-20-21-4-2-1-3-5-21)10-11-29(27)25-9-8-23-16-22(6-7-24(23)17-25)19-28-12-14-31-15-13-28/h1-7,10-11,16-18H,8-9,12-15,19-20H2. The van der Waals surface area contributed by atoms with Gasteiger partial charge in [0.2, 0.25) is 0 Å². The van der Waals surface area contributed by atoms with Crippen LogP contribution in [0.25, 0.3) is 11.8 Å². The number of pyridine rings is 1. The largest absolute Gasteiger partial charge is 0.489 e. The predicted octanol–water partition coefficient (Wildman–Crippen LogP) is 4.20. The van der Waals surface area contributed by atoms with Crippen LogP contribution < -0.4 is 10.3 Å². The number of fused-ring (bicyclic) bond motifs is 1. The zero-order valence-corrected chi connectivity index (χ0v) is 18.2. The van der Waals surface area contributed by atoms with Crippen molar-refractivity contribution in [2.45, 2.75) is 26.0 Å². The number of allylic oxidation sites excluding steroid dienone is 1. The molecule has 5 nitrogen and oxygen atoms in total. The Morgan fingerprint density at radius 2 is 1.75 bits per heavy atom. The van der Waals surface area contributed by atoms with Crippen molar-refractivity contribution in [3.63, 3.8) is 0 Å². The van der Waals surface area contributed by atoms with Crippen molar-refractivity contribution in [3.8, 4) is 5.75 Å². The summed E-state index contributed by atoms with van der Waals surface area (Å²) in [5.74, 6) is 0.597. The van der Waals surface area contributed by atoms with Crippen molar-refractivity contribution in [2.24, 2.45) is 0 Å². The highest BCUT2D eigenvalue weighted by Crippen LogP contribution is 2.27. The molecule has 1 fully saturated rings. The van der Waals surface area contributed by atoms with Crippen LogP contribution in [0.1, 0.15) is 28.7 Å². The maximum Gasteiger partial charge on any atom is 0.258 e. The summed E-state index contributed by atoms with van der Waals surface area (Å²) < 4.78 is 13.0. The van der Waals surface area contributed by atoms with Crippen molar-refractivity contribution >= 4 is 11.8 Å². The first kappa shape index (κ1) is 20.7. The van der Waals surface area contributed by atoms with Crippen molar-refractivity contribution in [2.75, 3.05) is 26.3 Å². The van der Waals surface area contributed by atoms with Gasteiger partial charge >= 0.3 is 0 Å². The van der Waals surface area contributed by atoms with Gasteiger partial charge in [0.25, 0.3) is 5.56 Å². The molecule has 0 bridgehead atoms. The number of hydrogen-bond acceptors (Lipinski definition) is 4. The van der Waals surface area contributed by atoms with E-state index in [9.17, 15) is 4.79 Å². The van der Waals surface area contributed by atoms with E-state index < -0.39 is 0 Å². The summed E-state index contributed by atoms with van der Waals surface area (Å²) in [5.41, 5.74) is 5.95. The summed E-state index contributed by atoms with van der Waals surface area (Å²) >= 11 is 0. The Balaban J connectivity index is 1.29. The van der Waals surface area contributed by atoms with E-state index in [1.807, 2.05) is 42.6 Å². The first-order chi connectivity index (χ1) is 15.7. The van der Waals surface area contributed by atoms with Gasteiger partial charge in [-0.3, -0.25) is 14.3 Å². The zero-order chi connectivity index (χ0) is 21.8. The molecule has 5 heteroatoms. The molecule has 164 valence electrons. The second-order valence-electron chi connectivity index (χ2n) is 8.40. The van der Waals surface area contributed by atoms with E-state index in [0.717, 1.165) is 57.0 Å². The lowest BCUT2D eigenvalue weighted by Crippen LogP contribution is -2.35. The predicted molar refractivity (Wildman–Crippen MR) is 127 cm³/mol. The van der Waals surface area contributed by atoms with Crippen LogP contribution in [0.15, 0.2) is 71.7 Å². The molecule has 0 unspecified atom stereocenters. The topological polar surface area (TPSA) is 43.7 Å². The number of benzene rings is 2. The Morgan fingerprint density at radius 3 is 2.56 bits per heavy atom. The molecule has 0 radical (unpaired) electrons. The lowest BCUT2D eigenvalue weighted by atomic mass is 9.93. The van der Waals surface area contributed by atoms with Gasteiger partial charge in [-0.1, -0.05) is 48.5 Å². The third-order valence-electron chi connectivity index (χ3n) is 6.14. The molecule has 2 aliphatic rings. The van der Waals surface area contributed by atoms with E-state index in [1.54, 1.807) is 10.6 Å². The molecule has 1 aromatic heterocycles. The van der Waals surface area contributed by atoms with Gasteiger partial charge in [0.05, 0.1) is 13.2 Å². The van der Waals surface area contributed by atoms with Gasteiger partial charge in [0.1, 0.15) is 12.4 Å². The second kappa shape index (κ2) is 9.55. The average Bonchev–Trinajstić information content (AvgIpc) is 2.84. The molecular weight excluding hydrogens is 400 g/mol. The molecule has 32 heavy (non-hydrogen) atoms. The fourth-order valence-corrected chi connectivity index (χ4v) is 4.37. The Labute approximate surface area is 188 Å². The summed E-state index contributed by atoms with van der Waals surface area (Å²) in [5, 5.41) is 0. The number of aryl methyl sites for hydroxylation is 1. The molecule has 0 N–H and O–H groups in total. The monoisotopic (exact) mass is 428 g/mol. The quantitative estimate of drug-likeness (QED) is 0.590. The van der Waals surface area contributed by atoms with Gasteiger partial charge < -0.3 is 9.47 Å². The Bertz CT molecular complexity index is 1160. The number of hydrogen-bond donors (Lipinski definition) is 0. The third-order valence-corrected chi connectivity index (χ3v) is 6.14. The van der Waals surface area contributed by atoms with E-state index in [0.29, 0.717) is 12.4 Å². The fraction of sp³-hybridized carbons (Fsp3) is 0.296. The smallest absolute Gasteiger partial charge is 0.258 e. The minimum Gasteiger partial charge on any atom is -0.489 e. The number of aromatic nitrogens is 1. The molecule has 0 amide bonds. The SMILES string of the molecule is O=c1cc(OCc2ccccc2)ccn1C1=Cc2ccc(CN3CCOCC3)cc2CC1. The van der Waals surface area contributed by atoms with Gasteiger partial charge in [0, 0.05) is 37.6 Å². The molecule has 1 aliphatic heterocycles. The van der Waals surface area contributed by atoms with Gasteiger partial charge in [0.15, 0.2) is 0 Å². The van der Waals surface area contributed by atoms with Crippen LogP contribution in [0.5, 0.6) is 5.75 Å². The van der Waals surface area contributed by atoms with Crippen molar-refractivity contribution in [3.05, 3.63) is 99.5 Å². The van der Waals surface area contributed by atoms with E-state index in [2.05, 4.69) is 29.2 Å². The normalized spacial score (nSPS) is 16.3. The molecule has 3 aromatic rings. The lowest BCUT2D eigenvalue weighted by molar-refractivity contribution is 0.0342. The van der Waals surface area contributed by atoms with Crippen LogP contribution in [0.3, 0.4) is 0 Å². The minimum atomic E-state index is -0.0609. The third kappa shape index (κ3) is 4.85. The first-order valence-electron chi connectivity index (χ1n) is 11.3. The van der Waals surface area contributed by atoms with Crippen LogP contribution in [-0.4, -0.2) is 35.8 Å². The summed E-state index contributed by atoms with van der Waals surface area (Å²) in [7, 11) is 0. The minimum absolute atomic E-state index is 0.0609. The van der Waals surface area contributed by atoms with Crippen LogP contribution in [0.4, 0.5) is 0 Å². The number of nitrogens with zero attached hydrogens (tertiary/aromatic N) is 2. The molecule has 2 heterocycles. The number of morpholine rings is 1. The average molecular weight is 429 g/mol. The first-order valence-corrected chi connectivity index (χ1v) is 11.3. The maximum atomic E-state index is 12.8. The second-order valence-corrected chi connectivity index (χ2v) is 8.40. The molecule has 0 spiro atoms. The molecule has 0 saturated carbocycles. The summed E-state index contributed by atoms with van der Waals surface area (Å²) in [6.45, 7) is 5.05. The van der Waals surface area contributed by atoms with E-state index in [4.69, 9.17) is 9.47 Å². The molecule has 0 atom stereocenters. The highest BCUT2D eigenvalue weighted by molar-refractivity contribution is 5.75. The highest BCUT2D eigenvalue weighted by Gasteiger charge is 2.16. The van der Waals surface area contributed by atoms with Crippen LogP contribution in [0.2, 0.25) is 0 Å². The van der Waals surface area contributed by atoms with Crippen LogP contribution in [-0.2, 0) is 24.3 Å². The van der Waals surface area contributed by atoms with Crippen molar-refractivity contribution < 1.29 is 9.47 Å². The molecule has 1 aliphatic carbocycles. The molecule has 5 rings (SSSR count). The van der Waals surface area contributed by atoms with Crippen molar-refractivity contribution in [1.82, 2.24) is 9.47 Å². The van der Waals surface area contributed by atoms with Crippen molar-refractivity contribution in [1.29, 1.82) is 0 Å². The Morgan fingerprint density at radius 1 is 0.906 bits per heavy atom. The van der Waals surface area contributed by atoms with Crippen LogP contribution >= 0.6 is 0 Å². The lowest BCUT2D eigenvalue weighted by Gasteiger charge is -2.27. The molecular formula is C27H28N2O3. The van der Waals surface area contributed by atoms with E-state index in [-0.39, 0.29) is 5.56 Å². The zero-order valence-electron chi connectivity index (χ0n) is 18.2. The molecule has 2 aromatic carbocycles. The van der Waals surface area contributed by atoms with Gasteiger partial charge in [-0.2, -0.15) is 0 Å². The number of ether oxygens (including phenoxy) is 2. The highest BCUT2D eigenvalue weighted by atomic mass is 16.5. The fourth-order valence-electron chi connectivity index (χ4n) is 4.37. The molecule has 1 saturated heterocycles. The summed E-state index contributed by atoms with van der Waals surface area (Å²) in [4.78, 5) is 15.2. The maximum absolute atomic E-state index is 12.8. The van der Waals surface area contributed by atoms with Gasteiger partial charge in [-0.05, 0) is 47.2 Å². The van der Waals surface area contributed by atoms with E-state index in [1.165, 1.54) is 16.7 Å². The van der Waals surface area contributed by atoms with Gasteiger partial charge in [-0.25, -0.2) is 0 Å². The Hall–Kier alpha value is -3.15. The van der Waals surface area contributed by atoms with E-state index >= 15 is 0 Å². The Kier molecular flexibility index (Phi) is 6.19. The van der Waals surface area contributed by atoms with Crippen LogP contribution in [0, 0.1) is 0 Å².